The smallest absolute Gasteiger partial charge is 0.271 e. The first-order chi connectivity index (χ1) is 20.0. The van der Waals surface area contributed by atoms with Crippen molar-refractivity contribution < 1.29 is 9.72 Å². The van der Waals surface area contributed by atoms with Crippen LogP contribution in [0.25, 0.3) is 0 Å². The number of hydrogen-bond donors (Lipinski definition) is 1. The molecule has 0 aromatic heterocycles. The largest absolute Gasteiger partial charge is 0.384 e. The number of nitro benzene ring substituents is 1. The van der Waals surface area contributed by atoms with E-state index in [9.17, 15) is 20.2 Å². The first-order valence-corrected chi connectivity index (χ1v) is 15.2. The van der Waals surface area contributed by atoms with Gasteiger partial charge in [0.05, 0.1) is 38.2 Å². The van der Waals surface area contributed by atoms with Crippen LogP contribution in [0.5, 0.6) is 0 Å². The summed E-state index contributed by atoms with van der Waals surface area (Å²) in [6, 6.07) is 15.8. The zero-order valence-electron chi connectivity index (χ0n) is 22.7. The van der Waals surface area contributed by atoms with E-state index >= 15 is 0 Å². The molecule has 3 aromatic rings. The molecule has 0 spiro atoms. The van der Waals surface area contributed by atoms with Crippen molar-refractivity contribution in [3.05, 3.63) is 119 Å². The lowest BCUT2D eigenvalue weighted by Gasteiger charge is -2.40. The standard InChI is InChI=1S/C31H25Cl3N4O3S/c1-16-10-17(2)21(11-18(16)15-42-28-12-19(32)6-8-23(28)33)29-22(14-35)31(36)37(26-4-3-5-27(39)30(26)29)25-9-7-20(38(40)41)13-24(25)34/h6-13,29H,3-5,15,36H2,1-2H3. The number of rotatable bonds is 6. The Bertz CT molecular complexity index is 1760. The van der Waals surface area contributed by atoms with E-state index in [0.717, 1.165) is 27.1 Å². The van der Waals surface area contributed by atoms with Gasteiger partial charge in [-0.3, -0.25) is 19.8 Å². The monoisotopic (exact) mass is 638 g/mol. The highest BCUT2D eigenvalue weighted by atomic mass is 35.5. The summed E-state index contributed by atoms with van der Waals surface area (Å²) < 4.78 is 0. The van der Waals surface area contributed by atoms with Crippen LogP contribution < -0.4 is 10.6 Å². The molecule has 5 rings (SSSR count). The Kier molecular flexibility index (Phi) is 8.58. The molecule has 214 valence electrons. The summed E-state index contributed by atoms with van der Waals surface area (Å²) in [4.78, 5) is 26.9. The zero-order valence-corrected chi connectivity index (χ0v) is 25.8. The van der Waals surface area contributed by atoms with Crippen LogP contribution in [0.1, 0.15) is 47.4 Å². The number of non-ortho nitro benzene ring substituents is 1. The molecule has 1 atom stereocenters. The molecule has 0 radical (unpaired) electrons. The van der Waals surface area contributed by atoms with Crippen LogP contribution in [-0.4, -0.2) is 10.7 Å². The van der Waals surface area contributed by atoms with Gasteiger partial charge in [0, 0.05) is 45.5 Å². The van der Waals surface area contributed by atoms with Gasteiger partial charge in [-0.05, 0) is 73.2 Å². The van der Waals surface area contributed by atoms with Crippen LogP contribution in [0, 0.1) is 35.3 Å². The van der Waals surface area contributed by atoms with Gasteiger partial charge in [-0.1, -0.05) is 46.9 Å². The Morgan fingerprint density at radius 3 is 2.52 bits per heavy atom. The third kappa shape index (κ3) is 5.50. The summed E-state index contributed by atoms with van der Waals surface area (Å²) in [6.45, 7) is 3.99. The number of Topliss-reactive ketones (excluding diaryl/α,β-unsaturated/α-hetero) is 1. The summed E-state index contributed by atoms with van der Waals surface area (Å²) >= 11 is 20.7. The predicted octanol–water partition coefficient (Wildman–Crippen LogP) is 8.77. The minimum absolute atomic E-state index is 0.0638. The molecule has 3 aromatic carbocycles. The number of carbonyl (C=O) groups is 1. The third-order valence-electron chi connectivity index (χ3n) is 7.61. The molecule has 0 amide bonds. The van der Waals surface area contributed by atoms with Gasteiger partial charge in [0.1, 0.15) is 5.82 Å². The van der Waals surface area contributed by atoms with Gasteiger partial charge in [-0.2, -0.15) is 5.26 Å². The molecule has 1 unspecified atom stereocenters. The van der Waals surface area contributed by atoms with Crippen molar-refractivity contribution in [3.63, 3.8) is 0 Å². The van der Waals surface area contributed by atoms with Crippen molar-refractivity contribution >= 4 is 63.7 Å². The molecular formula is C31H25Cl3N4O3S. The van der Waals surface area contributed by atoms with Crippen LogP contribution in [0.2, 0.25) is 15.1 Å². The highest BCUT2D eigenvalue weighted by Crippen LogP contribution is 2.49. The number of nitro groups is 1. The quantitative estimate of drug-likeness (QED) is 0.163. The normalized spacial score (nSPS) is 16.9. The molecule has 1 aliphatic heterocycles. The minimum atomic E-state index is -0.662. The molecule has 7 nitrogen and oxygen atoms in total. The lowest BCUT2D eigenvalue weighted by molar-refractivity contribution is -0.384. The van der Waals surface area contributed by atoms with Crippen LogP contribution >= 0.6 is 46.6 Å². The molecule has 1 heterocycles. The number of hydrogen-bond acceptors (Lipinski definition) is 7. The summed E-state index contributed by atoms with van der Waals surface area (Å²) in [5.41, 5.74) is 12.2. The van der Waals surface area contributed by atoms with Crippen LogP contribution in [-0.2, 0) is 10.5 Å². The summed E-state index contributed by atoms with van der Waals surface area (Å²) in [5, 5.41) is 23.0. The molecule has 0 saturated heterocycles. The molecule has 11 heteroatoms. The average molecular weight is 640 g/mol. The van der Waals surface area contributed by atoms with E-state index < -0.39 is 10.8 Å². The van der Waals surface area contributed by atoms with Gasteiger partial charge in [0.25, 0.3) is 5.69 Å². The fraction of sp³-hybridized carbons (Fsp3) is 0.226. The number of halogens is 3. The maximum Gasteiger partial charge on any atom is 0.271 e. The van der Waals surface area contributed by atoms with Crippen molar-refractivity contribution in [2.45, 2.75) is 49.7 Å². The fourth-order valence-corrected chi connectivity index (χ4v) is 7.40. The molecule has 0 fully saturated rings. The Balaban J connectivity index is 1.64. The number of nitriles is 1. The van der Waals surface area contributed by atoms with Gasteiger partial charge in [0.2, 0.25) is 0 Å². The lowest BCUT2D eigenvalue weighted by atomic mass is 9.74. The first-order valence-electron chi connectivity index (χ1n) is 13.1. The number of aryl methyl sites for hydroxylation is 2. The molecule has 0 bridgehead atoms. The Hall–Kier alpha value is -3.48. The summed E-state index contributed by atoms with van der Waals surface area (Å²) in [5.74, 6) is 0.0154. The van der Waals surface area contributed by atoms with Gasteiger partial charge in [-0.25, -0.2) is 0 Å². The SMILES string of the molecule is Cc1cc(C)c(C2C(C#N)=C(N)N(c3ccc([N+](=O)[O-])cc3Cl)C3=C2C(=O)CCC3)cc1CSc1cc(Cl)ccc1Cl. The maximum atomic E-state index is 13.6. The van der Waals surface area contributed by atoms with Crippen molar-refractivity contribution in [2.75, 3.05) is 4.90 Å². The van der Waals surface area contributed by atoms with Gasteiger partial charge >= 0.3 is 0 Å². The van der Waals surface area contributed by atoms with Crippen molar-refractivity contribution in [1.82, 2.24) is 0 Å². The number of allylic oxidation sites excluding steroid dienone is 3. The van der Waals surface area contributed by atoms with E-state index in [1.165, 1.54) is 18.2 Å². The third-order valence-corrected chi connectivity index (χ3v) is 9.69. The Morgan fingerprint density at radius 2 is 1.83 bits per heavy atom. The predicted molar refractivity (Wildman–Crippen MR) is 168 cm³/mol. The first kappa shape index (κ1) is 30.0. The summed E-state index contributed by atoms with van der Waals surface area (Å²) in [6.07, 6.45) is 1.48. The van der Waals surface area contributed by atoms with E-state index in [1.807, 2.05) is 26.0 Å². The lowest BCUT2D eigenvalue weighted by Crippen LogP contribution is -2.39. The van der Waals surface area contributed by atoms with Crippen LogP contribution in [0.3, 0.4) is 0 Å². The molecule has 42 heavy (non-hydrogen) atoms. The van der Waals surface area contributed by atoms with Gasteiger partial charge in [-0.15, -0.1) is 11.8 Å². The highest BCUT2D eigenvalue weighted by Gasteiger charge is 2.41. The topological polar surface area (TPSA) is 113 Å². The zero-order chi connectivity index (χ0) is 30.3. The van der Waals surface area contributed by atoms with E-state index in [0.29, 0.717) is 52.0 Å². The average Bonchev–Trinajstić information content (AvgIpc) is 2.94. The highest BCUT2D eigenvalue weighted by molar-refractivity contribution is 7.98. The second-order valence-electron chi connectivity index (χ2n) is 10.2. The number of carbonyl (C=O) groups excluding carboxylic acids is 1. The number of benzene rings is 3. The number of nitrogens with zero attached hydrogens (tertiary/aromatic N) is 3. The van der Waals surface area contributed by atoms with E-state index in [2.05, 4.69) is 12.1 Å². The maximum absolute atomic E-state index is 13.6. The van der Waals surface area contributed by atoms with Gasteiger partial charge < -0.3 is 5.73 Å². The Morgan fingerprint density at radius 1 is 1.07 bits per heavy atom. The molecule has 0 saturated carbocycles. The van der Waals surface area contributed by atoms with Crippen molar-refractivity contribution in [1.29, 1.82) is 5.26 Å². The number of ketones is 1. The number of anilines is 1. The van der Waals surface area contributed by atoms with E-state index in [-0.39, 0.29) is 27.9 Å². The number of thioether (sulfide) groups is 1. The fourth-order valence-electron chi connectivity index (χ4n) is 5.59. The second-order valence-corrected chi connectivity index (χ2v) is 12.5. The molecular weight excluding hydrogens is 615 g/mol. The van der Waals surface area contributed by atoms with Gasteiger partial charge in [0.15, 0.2) is 5.78 Å². The molecule has 2 N–H and O–H groups in total. The van der Waals surface area contributed by atoms with Crippen LogP contribution in [0.15, 0.2) is 76.1 Å². The van der Waals surface area contributed by atoms with Crippen molar-refractivity contribution in [2.24, 2.45) is 5.73 Å². The van der Waals surface area contributed by atoms with Crippen LogP contribution in [0.4, 0.5) is 11.4 Å². The molecule has 2 aliphatic rings. The molecule has 1 aliphatic carbocycles. The minimum Gasteiger partial charge on any atom is -0.384 e. The summed E-state index contributed by atoms with van der Waals surface area (Å²) in [7, 11) is 0. The number of nitrogens with two attached hydrogens (primary N) is 1. The Labute approximate surface area is 262 Å². The van der Waals surface area contributed by atoms with E-state index in [1.54, 1.807) is 28.8 Å². The second kappa shape index (κ2) is 12.0. The van der Waals surface area contributed by atoms with Crippen molar-refractivity contribution in [3.8, 4) is 6.07 Å². The van der Waals surface area contributed by atoms with E-state index in [4.69, 9.17) is 40.5 Å².